The maximum atomic E-state index is 14.6. The number of aryl methyl sites for hydroxylation is 2. The molecule has 2 heterocycles. The summed E-state index contributed by atoms with van der Waals surface area (Å²) in [7, 11) is 2.54. The average Bonchev–Trinajstić information content (AvgIpc) is 3.41. The summed E-state index contributed by atoms with van der Waals surface area (Å²) in [6, 6.07) is 14.3. The Morgan fingerprint density at radius 2 is 1.00 bits per heavy atom. The Kier molecular flexibility index (Phi) is 6.31. The topological polar surface area (TPSA) is 111 Å². The second-order valence-corrected chi connectivity index (χ2v) is 11.3. The molecule has 8 nitrogen and oxygen atoms in total. The minimum absolute atomic E-state index is 0.156. The molecule has 2 aromatic carbocycles. The molecular formula is C30H34N2O6. The zero-order valence-electron chi connectivity index (χ0n) is 22.5. The third kappa shape index (κ3) is 3.65. The number of nitrogens with one attached hydrogen (secondary N) is 2. The molecule has 2 aromatic rings. The molecule has 8 heteroatoms. The Balaban J connectivity index is 1.69. The number of ether oxygens (including phenoxy) is 2. The maximum absolute atomic E-state index is 14.6. The summed E-state index contributed by atoms with van der Waals surface area (Å²) >= 11 is 0. The predicted octanol–water partition coefficient (Wildman–Crippen LogP) is 2.77. The molecule has 1 aliphatic carbocycles. The molecule has 0 unspecified atom stereocenters. The number of rotatable bonds is 4. The van der Waals surface area contributed by atoms with Gasteiger partial charge >= 0.3 is 11.9 Å². The van der Waals surface area contributed by atoms with Crippen LogP contribution in [0.15, 0.2) is 48.5 Å². The Bertz CT molecular complexity index is 1210. The van der Waals surface area contributed by atoms with Crippen molar-refractivity contribution in [3.05, 3.63) is 70.8 Å². The summed E-state index contributed by atoms with van der Waals surface area (Å²) < 4.78 is 10.3. The van der Waals surface area contributed by atoms with Gasteiger partial charge in [0.1, 0.15) is 22.6 Å². The summed E-state index contributed by atoms with van der Waals surface area (Å²) in [5.74, 6) is -5.38. The van der Waals surface area contributed by atoms with Crippen molar-refractivity contribution < 1.29 is 28.7 Å². The minimum Gasteiger partial charge on any atom is -0.468 e. The predicted molar refractivity (Wildman–Crippen MR) is 139 cm³/mol. The Morgan fingerprint density at radius 3 is 1.32 bits per heavy atom. The first-order valence-electron chi connectivity index (χ1n) is 12.9. The fourth-order valence-corrected chi connectivity index (χ4v) is 7.03. The first kappa shape index (κ1) is 26.3. The molecule has 38 heavy (non-hydrogen) atoms. The Morgan fingerprint density at radius 1 is 0.658 bits per heavy atom. The SMILES string of the molecule is COC(=O)[C@@]1(C)N[C@@H](c2ccc(C)cc2)[C@H]2C(=O)[C@H]3[C@@H](C(=O)[C@H]21)[C@@](C)(C(=O)OC)N[C@H]3c1ccc(C)cc1. The molecule has 0 amide bonds. The molecule has 200 valence electrons. The van der Waals surface area contributed by atoms with Crippen LogP contribution in [-0.4, -0.2) is 48.8 Å². The second kappa shape index (κ2) is 9.13. The van der Waals surface area contributed by atoms with Gasteiger partial charge in [0, 0.05) is 23.9 Å². The number of benzene rings is 2. The fourth-order valence-electron chi connectivity index (χ4n) is 7.03. The lowest BCUT2D eigenvalue weighted by Gasteiger charge is -2.41. The van der Waals surface area contributed by atoms with E-state index in [1.54, 1.807) is 13.8 Å². The summed E-state index contributed by atoms with van der Waals surface area (Å²) in [5.41, 5.74) is 0.826. The number of methoxy groups -OCH3 is 2. The lowest BCUT2D eigenvalue weighted by Crippen LogP contribution is -2.61. The van der Waals surface area contributed by atoms with Gasteiger partial charge in [0.05, 0.1) is 26.1 Å². The van der Waals surface area contributed by atoms with Gasteiger partial charge in [-0.3, -0.25) is 29.8 Å². The van der Waals surface area contributed by atoms with Gasteiger partial charge in [-0.15, -0.1) is 0 Å². The van der Waals surface area contributed by atoms with E-state index in [-0.39, 0.29) is 11.6 Å². The van der Waals surface area contributed by atoms with Crippen LogP contribution in [0.1, 0.15) is 48.2 Å². The third-order valence-corrected chi connectivity index (χ3v) is 8.95. The molecule has 0 spiro atoms. The van der Waals surface area contributed by atoms with Crippen LogP contribution in [0.2, 0.25) is 0 Å². The van der Waals surface area contributed by atoms with E-state index in [1.165, 1.54) is 14.2 Å². The quantitative estimate of drug-likeness (QED) is 0.595. The first-order chi connectivity index (χ1) is 18.0. The van der Waals surface area contributed by atoms with Crippen molar-refractivity contribution in [3.63, 3.8) is 0 Å². The number of carbonyl (C=O) groups is 4. The lowest BCUT2D eigenvalue weighted by molar-refractivity contribution is -0.160. The van der Waals surface area contributed by atoms with E-state index in [9.17, 15) is 19.2 Å². The summed E-state index contributed by atoms with van der Waals surface area (Å²) in [5, 5.41) is 6.65. The largest absolute Gasteiger partial charge is 0.468 e. The van der Waals surface area contributed by atoms with Gasteiger partial charge in [0.25, 0.3) is 0 Å². The van der Waals surface area contributed by atoms with Crippen LogP contribution in [0, 0.1) is 37.5 Å². The average molecular weight is 519 g/mol. The molecule has 2 saturated heterocycles. The van der Waals surface area contributed by atoms with Gasteiger partial charge in [-0.2, -0.15) is 0 Å². The zero-order valence-corrected chi connectivity index (χ0v) is 22.5. The van der Waals surface area contributed by atoms with Crippen LogP contribution in [0.25, 0.3) is 0 Å². The molecule has 3 fully saturated rings. The number of Topliss-reactive ketones (excluding diaryl/α,β-unsaturated/α-hetero) is 2. The van der Waals surface area contributed by atoms with Crippen molar-refractivity contribution in [2.45, 2.75) is 50.9 Å². The second-order valence-electron chi connectivity index (χ2n) is 11.3. The van der Waals surface area contributed by atoms with Gasteiger partial charge in [0.2, 0.25) is 0 Å². The van der Waals surface area contributed by atoms with Crippen LogP contribution in [0.4, 0.5) is 0 Å². The molecule has 0 bridgehead atoms. The van der Waals surface area contributed by atoms with Crippen LogP contribution < -0.4 is 10.6 Å². The van der Waals surface area contributed by atoms with Crippen molar-refractivity contribution in [2.75, 3.05) is 14.2 Å². The van der Waals surface area contributed by atoms with Gasteiger partial charge in [-0.05, 0) is 38.8 Å². The highest BCUT2D eigenvalue weighted by Crippen LogP contribution is 2.57. The molecule has 8 atom stereocenters. The highest BCUT2D eigenvalue weighted by Gasteiger charge is 2.72. The van der Waals surface area contributed by atoms with Crippen molar-refractivity contribution in [1.82, 2.24) is 10.6 Å². The van der Waals surface area contributed by atoms with E-state index < -0.39 is 58.8 Å². The Labute approximate surface area is 222 Å². The molecular weight excluding hydrogens is 484 g/mol. The minimum atomic E-state index is -1.45. The molecule has 2 aliphatic heterocycles. The smallest absolute Gasteiger partial charge is 0.326 e. The van der Waals surface area contributed by atoms with Gasteiger partial charge in [0.15, 0.2) is 0 Å². The van der Waals surface area contributed by atoms with E-state index in [1.807, 2.05) is 62.4 Å². The molecule has 0 radical (unpaired) electrons. The standard InChI is InChI=1S/C30H34N2O6/c1-15-7-11-17(12-8-15)23-19-21(29(3,31-23)27(35)37-5)26(34)22-20(25(19)33)24(18-13-9-16(2)10-14-18)32-30(22,4)28(36)38-6/h7-14,19-24,31-32H,1-6H3/t19-,20-,21-,22-,23-,24-,29-,30-/m0/s1. The third-order valence-electron chi connectivity index (χ3n) is 8.95. The van der Waals surface area contributed by atoms with E-state index in [0.29, 0.717) is 0 Å². The van der Waals surface area contributed by atoms with E-state index in [0.717, 1.165) is 22.3 Å². The van der Waals surface area contributed by atoms with Crippen LogP contribution >= 0.6 is 0 Å². The fraction of sp³-hybridized carbons (Fsp3) is 0.467. The lowest BCUT2D eigenvalue weighted by atomic mass is 9.58. The van der Waals surface area contributed by atoms with E-state index >= 15 is 0 Å². The molecule has 2 N–H and O–H groups in total. The highest BCUT2D eigenvalue weighted by atomic mass is 16.5. The molecule has 1 saturated carbocycles. The number of fused-ring (bicyclic) bond motifs is 2. The normalized spacial score (nSPS) is 35.9. The van der Waals surface area contributed by atoms with E-state index in [2.05, 4.69) is 10.6 Å². The maximum Gasteiger partial charge on any atom is 0.326 e. The molecule has 5 rings (SSSR count). The Hall–Kier alpha value is -3.36. The van der Waals surface area contributed by atoms with Crippen molar-refractivity contribution in [1.29, 1.82) is 0 Å². The zero-order chi connectivity index (χ0) is 27.6. The first-order valence-corrected chi connectivity index (χ1v) is 12.9. The summed E-state index contributed by atoms with van der Waals surface area (Å²) in [6.07, 6.45) is 0. The van der Waals surface area contributed by atoms with Crippen molar-refractivity contribution in [2.24, 2.45) is 23.7 Å². The van der Waals surface area contributed by atoms with Gasteiger partial charge in [-0.1, -0.05) is 59.7 Å². The molecule has 3 aliphatic rings. The van der Waals surface area contributed by atoms with Crippen LogP contribution in [-0.2, 0) is 28.7 Å². The number of ketones is 2. The number of carbonyl (C=O) groups excluding carboxylic acids is 4. The highest BCUT2D eigenvalue weighted by molar-refractivity contribution is 6.08. The van der Waals surface area contributed by atoms with Crippen molar-refractivity contribution >= 4 is 23.5 Å². The van der Waals surface area contributed by atoms with E-state index in [4.69, 9.17) is 9.47 Å². The number of hydrogen-bond donors (Lipinski definition) is 2. The van der Waals surface area contributed by atoms with Crippen molar-refractivity contribution in [3.8, 4) is 0 Å². The molecule has 0 aromatic heterocycles. The van der Waals surface area contributed by atoms with Gasteiger partial charge in [-0.25, -0.2) is 0 Å². The number of esters is 2. The van der Waals surface area contributed by atoms with Crippen LogP contribution in [0.5, 0.6) is 0 Å². The number of hydrogen-bond acceptors (Lipinski definition) is 8. The monoisotopic (exact) mass is 518 g/mol. The van der Waals surface area contributed by atoms with Gasteiger partial charge < -0.3 is 9.47 Å². The summed E-state index contributed by atoms with van der Waals surface area (Å²) in [4.78, 5) is 55.5. The summed E-state index contributed by atoms with van der Waals surface area (Å²) in [6.45, 7) is 7.17. The van der Waals surface area contributed by atoms with Crippen LogP contribution in [0.3, 0.4) is 0 Å².